The average molecular weight is 341 g/mol. The van der Waals surface area contributed by atoms with Crippen molar-refractivity contribution < 1.29 is 5.11 Å². The summed E-state index contributed by atoms with van der Waals surface area (Å²) in [6.07, 6.45) is 3.70. The number of hydrogen-bond donors (Lipinski definition) is 1. The summed E-state index contributed by atoms with van der Waals surface area (Å²) in [6, 6.07) is 17.0. The molecule has 3 aromatic heterocycles. The van der Waals surface area contributed by atoms with Gasteiger partial charge in [0.05, 0.1) is 16.7 Å². The first-order chi connectivity index (χ1) is 12.7. The highest BCUT2D eigenvalue weighted by Gasteiger charge is 2.15. The van der Waals surface area contributed by atoms with Gasteiger partial charge in [-0.05, 0) is 30.3 Å². The van der Waals surface area contributed by atoms with Gasteiger partial charge >= 0.3 is 0 Å². The van der Waals surface area contributed by atoms with Crippen LogP contribution in [0.15, 0.2) is 67.1 Å². The van der Waals surface area contributed by atoms with Crippen LogP contribution in [0, 0.1) is 0 Å². The van der Waals surface area contributed by atoms with Gasteiger partial charge in [-0.1, -0.05) is 24.3 Å². The summed E-state index contributed by atoms with van der Waals surface area (Å²) in [5.74, 6) is 0.756. The number of aryl methyl sites for hydroxylation is 1. The van der Waals surface area contributed by atoms with Crippen molar-refractivity contribution >= 4 is 22.1 Å². The minimum absolute atomic E-state index is 0.208. The van der Waals surface area contributed by atoms with E-state index in [1.54, 1.807) is 18.5 Å². The third-order valence-corrected chi connectivity index (χ3v) is 4.50. The molecule has 5 rings (SSSR count). The van der Waals surface area contributed by atoms with Gasteiger partial charge in [-0.15, -0.1) is 0 Å². The van der Waals surface area contributed by atoms with E-state index >= 15 is 0 Å². The van der Waals surface area contributed by atoms with E-state index in [1.807, 2.05) is 64.8 Å². The number of aromatic hydroxyl groups is 1. The van der Waals surface area contributed by atoms with E-state index in [4.69, 9.17) is 9.97 Å². The molecule has 0 aliphatic carbocycles. The Labute approximate surface area is 149 Å². The van der Waals surface area contributed by atoms with Gasteiger partial charge in [0.25, 0.3) is 0 Å². The topological polar surface area (TPSA) is 68.8 Å². The lowest BCUT2D eigenvalue weighted by Crippen LogP contribution is -2.03. The second-order valence-electron chi connectivity index (χ2n) is 6.19. The summed E-state index contributed by atoms with van der Waals surface area (Å²) in [6.45, 7) is 0. The van der Waals surface area contributed by atoms with E-state index in [9.17, 15) is 5.11 Å². The van der Waals surface area contributed by atoms with E-state index in [2.05, 4.69) is 4.98 Å². The van der Waals surface area contributed by atoms with Crippen molar-refractivity contribution in [2.75, 3.05) is 0 Å². The van der Waals surface area contributed by atoms with Crippen LogP contribution in [0.2, 0.25) is 0 Å². The highest BCUT2D eigenvalue weighted by atomic mass is 16.3. The minimum atomic E-state index is 0.208. The zero-order valence-corrected chi connectivity index (χ0v) is 14.0. The fourth-order valence-corrected chi connectivity index (χ4v) is 3.22. The molecule has 3 heterocycles. The molecule has 0 fully saturated rings. The van der Waals surface area contributed by atoms with Gasteiger partial charge in [0.2, 0.25) is 5.95 Å². The second kappa shape index (κ2) is 5.42. The Morgan fingerprint density at radius 1 is 0.962 bits per heavy atom. The maximum atomic E-state index is 9.88. The average Bonchev–Trinajstić information content (AvgIpc) is 3.25. The van der Waals surface area contributed by atoms with Crippen LogP contribution >= 0.6 is 0 Å². The first kappa shape index (κ1) is 14.7. The molecule has 5 aromatic rings. The van der Waals surface area contributed by atoms with E-state index in [1.165, 1.54) is 0 Å². The van der Waals surface area contributed by atoms with E-state index in [0.717, 1.165) is 33.3 Å². The van der Waals surface area contributed by atoms with Crippen LogP contribution in [0.1, 0.15) is 0 Å². The van der Waals surface area contributed by atoms with Crippen LogP contribution in [0.3, 0.4) is 0 Å². The lowest BCUT2D eigenvalue weighted by atomic mass is 10.1. The number of para-hydroxylation sites is 2. The molecule has 0 saturated carbocycles. The van der Waals surface area contributed by atoms with Crippen molar-refractivity contribution in [2.24, 2.45) is 7.05 Å². The Balaban J connectivity index is 1.83. The maximum absolute atomic E-state index is 9.88. The summed E-state index contributed by atoms with van der Waals surface area (Å²) < 4.78 is 3.85. The van der Waals surface area contributed by atoms with E-state index in [-0.39, 0.29) is 5.75 Å². The molecule has 0 radical (unpaired) electrons. The molecule has 0 amide bonds. The third kappa shape index (κ3) is 2.16. The quantitative estimate of drug-likeness (QED) is 0.532. The van der Waals surface area contributed by atoms with Gasteiger partial charge in [0.15, 0.2) is 0 Å². The summed E-state index contributed by atoms with van der Waals surface area (Å²) in [5.41, 5.74) is 4.28. The number of hydrogen-bond acceptors (Lipinski definition) is 4. The number of phenols is 1. The largest absolute Gasteiger partial charge is 0.508 e. The van der Waals surface area contributed by atoms with Crippen LogP contribution < -0.4 is 0 Å². The highest BCUT2D eigenvalue weighted by molar-refractivity contribution is 5.92. The van der Waals surface area contributed by atoms with Gasteiger partial charge < -0.3 is 9.67 Å². The number of nitrogens with zero attached hydrogens (tertiary/aromatic N) is 5. The normalized spacial score (nSPS) is 11.4. The zero-order chi connectivity index (χ0) is 17.7. The van der Waals surface area contributed by atoms with Gasteiger partial charge in [0.1, 0.15) is 17.7 Å². The molecule has 0 aliphatic rings. The van der Waals surface area contributed by atoms with Crippen LogP contribution in [-0.2, 0) is 7.05 Å². The van der Waals surface area contributed by atoms with Crippen LogP contribution in [0.5, 0.6) is 5.75 Å². The molecule has 0 saturated heterocycles. The Bertz CT molecular complexity index is 1270. The maximum Gasteiger partial charge on any atom is 0.238 e. The molecule has 2 aromatic carbocycles. The van der Waals surface area contributed by atoms with Crippen molar-refractivity contribution in [3.8, 4) is 23.0 Å². The van der Waals surface area contributed by atoms with Crippen molar-refractivity contribution in [3.63, 3.8) is 0 Å². The number of aromatic nitrogens is 5. The van der Waals surface area contributed by atoms with Gasteiger partial charge in [0, 0.05) is 24.2 Å². The molecule has 6 nitrogen and oxygen atoms in total. The molecule has 0 unspecified atom stereocenters. The number of imidazole rings is 1. The fourth-order valence-electron chi connectivity index (χ4n) is 3.22. The number of fused-ring (bicyclic) bond motifs is 2. The Hall–Kier alpha value is -3.67. The van der Waals surface area contributed by atoms with Gasteiger partial charge in [-0.3, -0.25) is 4.57 Å². The van der Waals surface area contributed by atoms with Crippen LogP contribution in [0.4, 0.5) is 0 Å². The fraction of sp³-hybridized carbons (Fsp3) is 0.0500. The summed E-state index contributed by atoms with van der Waals surface area (Å²) in [4.78, 5) is 14.0. The lowest BCUT2D eigenvalue weighted by molar-refractivity contribution is 0.475. The molecule has 26 heavy (non-hydrogen) atoms. The number of benzene rings is 2. The van der Waals surface area contributed by atoms with E-state index in [0.29, 0.717) is 5.95 Å². The minimum Gasteiger partial charge on any atom is -0.508 e. The molecule has 0 bridgehead atoms. The Kier molecular flexibility index (Phi) is 3.05. The zero-order valence-electron chi connectivity index (χ0n) is 14.0. The standard InChI is InChI=1S/C20H15N5O/c1-24-10-9-15-18(13-5-4-6-14(26)11-13)22-20(23-19(15)24)25-12-21-16-7-2-3-8-17(16)25/h2-12,26H,1H3. The number of phenolic OH excluding ortho intramolecular Hbond substituents is 1. The molecule has 0 aliphatic heterocycles. The van der Waals surface area contributed by atoms with Crippen molar-refractivity contribution in [1.29, 1.82) is 0 Å². The predicted molar refractivity (Wildman–Crippen MR) is 100 cm³/mol. The lowest BCUT2D eigenvalue weighted by Gasteiger charge is -2.09. The molecule has 0 atom stereocenters. The van der Waals surface area contributed by atoms with Crippen molar-refractivity contribution in [3.05, 3.63) is 67.1 Å². The monoisotopic (exact) mass is 341 g/mol. The highest BCUT2D eigenvalue weighted by Crippen LogP contribution is 2.30. The third-order valence-electron chi connectivity index (χ3n) is 4.50. The second-order valence-corrected chi connectivity index (χ2v) is 6.19. The first-order valence-corrected chi connectivity index (χ1v) is 8.25. The van der Waals surface area contributed by atoms with E-state index < -0.39 is 0 Å². The molecule has 1 N–H and O–H groups in total. The molecular weight excluding hydrogens is 326 g/mol. The van der Waals surface area contributed by atoms with Gasteiger partial charge in [-0.25, -0.2) is 9.97 Å². The molecule has 126 valence electrons. The van der Waals surface area contributed by atoms with Crippen LogP contribution in [0.25, 0.3) is 39.3 Å². The molecule has 0 spiro atoms. The summed E-state index contributed by atoms with van der Waals surface area (Å²) in [7, 11) is 1.96. The SMILES string of the molecule is Cn1ccc2c(-c3cccc(O)c3)nc(-n3cnc4ccccc43)nc21. The molecule has 6 heteroatoms. The Morgan fingerprint density at radius 3 is 2.73 bits per heavy atom. The van der Waals surface area contributed by atoms with Crippen molar-refractivity contribution in [1.82, 2.24) is 24.1 Å². The van der Waals surface area contributed by atoms with Crippen LogP contribution in [-0.4, -0.2) is 29.2 Å². The Morgan fingerprint density at radius 2 is 1.85 bits per heavy atom. The number of rotatable bonds is 2. The first-order valence-electron chi connectivity index (χ1n) is 8.25. The predicted octanol–water partition coefficient (Wildman–Crippen LogP) is 3.68. The van der Waals surface area contributed by atoms with Gasteiger partial charge in [-0.2, -0.15) is 4.98 Å². The summed E-state index contributed by atoms with van der Waals surface area (Å²) in [5, 5.41) is 10.8. The van der Waals surface area contributed by atoms with Crippen molar-refractivity contribution in [2.45, 2.75) is 0 Å². The molecular formula is C20H15N5O. The smallest absolute Gasteiger partial charge is 0.238 e. The summed E-state index contributed by atoms with van der Waals surface area (Å²) >= 11 is 0.